The van der Waals surface area contributed by atoms with Crippen molar-refractivity contribution in [3.63, 3.8) is 0 Å². The Morgan fingerprint density at radius 3 is 2.38 bits per heavy atom. The normalized spacial score (nSPS) is 11.5. The Kier molecular flexibility index (Phi) is 4.60. The number of hydrogen-bond acceptors (Lipinski definition) is 2. The molecule has 2 nitrogen and oxygen atoms in total. The predicted octanol–water partition coefficient (Wildman–Crippen LogP) is 5.20. The van der Waals surface area contributed by atoms with E-state index in [1.165, 1.54) is 11.1 Å². The molecule has 0 aliphatic rings. The van der Waals surface area contributed by atoms with Crippen LogP contribution in [-0.2, 0) is 12.0 Å². The molecule has 0 aromatic heterocycles. The number of halogens is 1. The highest BCUT2D eigenvalue weighted by atomic mass is 35.5. The van der Waals surface area contributed by atoms with Crippen molar-refractivity contribution in [3.8, 4) is 11.5 Å². The average molecular weight is 304 g/mol. The molecule has 112 valence electrons. The van der Waals surface area contributed by atoms with Gasteiger partial charge in [0, 0.05) is 22.7 Å². The molecule has 0 heterocycles. The van der Waals surface area contributed by atoms with Crippen LogP contribution in [0.15, 0.2) is 36.4 Å². The SMILES string of the molecule is Cc1ccc(C(C)(C)C)c(Oc2ccc(Cl)cc2CN)c1. The van der Waals surface area contributed by atoms with Gasteiger partial charge in [0.2, 0.25) is 0 Å². The van der Waals surface area contributed by atoms with Crippen LogP contribution >= 0.6 is 11.6 Å². The second kappa shape index (κ2) is 6.08. The fourth-order valence-electron chi connectivity index (χ4n) is 2.26. The lowest BCUT2D eigenvalue weighted by Crippen LogP contribution is -2.13. The van der Waals surface area contributed by atoms with Gasteiger partial charge in [-0.25, -0.2) is 0 Å². The third-order valence-corrected chi connectivity index (χ3v) is 3.64. The molecule has 21 heavy (non-hydrogen) atoms. The average Bonchev–Trinajstić information content (AvgIpc) is 2.39. The van der Waals surface area contributed by atoms with Gasteiger partial charge >= 0.3 is 0 Å². The molecule has 2 aromatic carbocycles. The fraction of sp³-hybridized carbons (Fsp3) is 0.333. The Morgan fingerprint density at radius 1 is 1.05 bits per heavy atom. The highest BCUT2D eigenvalue weighted by Gasteiger charge is 2.20. The molecule has 0 aliphatic heterocycles. The van der Waals surface area contributed by atoms with Gasteiger partial charge in [0.15, 0.2) is 0 Å². The zero-order valence-corrected chi connectivity index (χ0v) is 13.8. The van der Waals surface area contributed by atoms with Crippen LogP contribution < -0.4 is 10.5 Å². The molecule has 2 aromatic rings. The van der Waals surface area contributed by atoms with Crippen molar-refractivity contribution in [2.24, 2.45) is 5.73 Å². The van der Waals surface area contributed by atoms with Crippen molar-refractivity contribution in [2.45, 2.75) is 39.7 Å². The first-order chi connectivity index (χ1) is 9.81. The van der Waals surface area contributed by atoms with E-state index in [1.807, 2.05) is 18.2 Å². The number of ether oxygens (including phenoxy) is 1. The molecule has 3 heteroatoms. The number of rotatable bonds is 3. The standard InChI is InChI=1S/C18H22ClNO/c1-12-5-7-15(18(2,3)4)17(9-12)21-16-8-6-14(19)10-13(16)11-20/h5-10H,11,20H2,1-4H3. The molecule has 0 bridgehead atoms. The molecule has 0 aliphatic carbocycles. The summed E-state index contributed by atoms with van der Waals surface area (Å²) in [6.45, 7) is 8.99. The topological polar surface area (TPSA) is 35.2 Å². The van der Waals surface area contributed by atoms with E-state index >= 15 is 0 Å². The highest BCUT2D eigenvalue weighted by molar-refractivity contribution is 6.30. The molecule has 0 unspecified atom stereocenters. The highest BCUT2D eigenvalue weighted by Crippen LogP contribution is 2.36. The van der Waals surface area contributed by atoms with Crippen LogP contribution in [0.5, 0.6) is 11.5 Å². The van der Waals surface area contributed by atoms with Gasteiger partial charge in [-0.3, -0.25) is 0 Å². The smallest absolute Gasteiger partial charge is 0.132 e. The van der Waals surface area contributed by atoms with Crippen molar-refractivity contribution < 1.29 is 4.74 Å². The van der Waals surface area contributed by atoms with Gasteiger partial charge in [0.1, 0.15) is 11.5 Å². The Hall–Kier alpha value is -1.51. The Morgan fingerprint density at radius 2 is 1.76 bits per heavy atom. The van der Waals surface area contributed by atoms with Crippen molar-refractivity contribution in [1.29, 1.82) is 0 Å². The lowest BCUT2D eigenvalue weighted by molar-refractivity contribution is 0.450. The maximum Gasteiger partial charge on any atom is 0.132 e. The van der Waals surface area contributed by atoms with Crippen LogP contribution in [-0.4, -0.2) is 0 Å². The molecule has 0 atom stereocenters. The van der Waals surface area contributed by atoms with Crippen LogP contribution in [0.4, 0.5) is 0 Å². The van der Waals surface area contributed by atoms with Crippen LogP contribution in [0.3, 0.4) is 0 Å². The first-order valence-corrected chi connectivity index (χ1v) is 7.46. The van der Waals surface area contributed by atoms with Crippen LogP contribution in [0.2, 0.25) is 5.02 Å². The van der Waals surface area contributed by atoms with E-state index in [0.29, 0.717) is 11.6 Å². The third kappa shape index (κ3) is 3.78. The first-order valence-electron chi connectivity index (χ1n) is 7.09. The van der Waals surface area contributed by atoms with Gasteiger partial charge in [-0.1, -0.05) is 44.5 Å². The Bertz CT molecular complexity index is 644. The van der Waals surface area contributed by atoms with E-state index in [1.54, 1.807) is 0 Å². The number of benzene rings is 2. The molecule has 0 saturated carbocycles. The summed E-state index contributed by atoms with van der Waals surface area (Å²) in [5.74, 6) is 1.64. The zero-order valence-electron chi connectivity index (χ0n) is 13.0. The molecule has 0 radical (unpaired) electrons. The minimum absolute atomic E-state index is 0.0122. The van der Waals surface area contributed by atoms with Crippen LogP contribution in [0.25, 0.3) is 0 Å². The van der Waals surface area contributed by atoms with Gasteiger partial charge in [0.25, 0.3) is 0 Å². The van der Waals surface area contributed by atoms with Gasteiger partial charge in [0.05, 0.1) is 0 Å². The molecular formula is C18H22ClNO. The van der Waals surface area contributed by atoms with Crippen molar-refractivity contribution in [2.75, 3.05) is 0 Å². The molecule has 0 amide bonds. The Balaban J connectivity index is 2.46. The Labute approximate surface area is 131 Å². The largest absolute Gasteiger partial charge is 0.457 e. The molecule has 2 N–H and O–H groups in total. The van der Waals surface area contributed by atoms with Crippen LogP contribution in [0, 0.1) is 6.92 Å². The molecule has 0 spiro atoms. The molecule has 0 saturated heterocycles. The van der Waals surface area contributed by atoms with E-state index in [9.17, 15) is 0 Å². The summed E-state index contributed by atoms with van der Waals surface area (Å²) in [5, 5.41) is 0.670. The maximum absolute atomic E-state index is 6.16. The second-order valence-corrected chi connectivity index (χ2v) is 6.74. The molecule has 2 rings (SSSR count). The quantitative estimate of drug-likeness (QED) is 0.846. The summed E-state index contributed by atoms with van der Waals surface area (Å²) >= 11 is 6.02. The number of aryl methyl sites for hydroxylation is 1. The third-order valence-electron chi connectivity index (χ3n) is 3.41. The van der Waals surface area contributed by atoms with Gasteiger partial charge in [-0.15, -0.1) is 0 Å². The summed E-state index contributed by atoms with van der Waals surface area (Å²) in [6.07, 6.45) is 0. The predicted molar refractivity (Wildman–Crippen MR) is 89.3 cm³/mol. The summed E-state index contributed by atoms with van der Waals surface area (Å²) in [7, 11) is 0. The van der Waals surface area contributed by atoms with E-state index in [-0.39, 0.29) is 5.41 Å². The van der Waals surface area contributed by atoms with Gasteiger partial charge in [-0.05, 0) is 42.2 Å². The maximum atomic E-state index is 6.16. The summed E-state index contributed by atoms with van der Waals surface area (Å²) in [4.78, 5) is 0. The summed E-state index contributed by atoms with van der Waals surface area (Å²) < 4.78 is 6.16. The van der Waals surface area contributed by atoms with Crippen LogP contribution in [0.1, 0.15) is 37.5 Å². The lowest BCUT2D eigenvalue weighted by Gasteiger charge is -2.23. The summed E-state index contributed by atoms with van der Waals surface area (Å²) in [5.41, 5.74) is 9.05. The second-order valence-electron chi connectivity index (χ2n) is 6.31. The van der Waals surface area contributed by atoms with Crippen molar-refractivity contribution in [1.82, 2.24) is 0 Å². The molecular weight excluding hydrogens is 282 g/mol. The minimum Gasteiger partial charge on any atom is -0.457 e. The van der Waals surface area contributed by atoms with E-state index in [0.717, 1.165) is 17.1 Å². The van der Waals surface area contributed by atoms with Crippen molar-refractivity contribution in [3.05, 3.63) is 58.1 Å². The zero-order chi connectivity index (χ0) is 15.6. The van der Waals surface area contributed by atoms with E-state index < -0.39 is 0 Å². The van der Waals surface area contributed by atoms with Gasteiger partial charge in [-0.2, -0.15) is 0 Å². The van der Waals surface area contributed by atoms with E-state index in [4.69, 9.17) is 22.1 Å². The lowest BCUT2D eigenvalue weighted by atomic mass is 9.86. The first kappa shape index (κ1) is 15.9. The van der Waals surface area contributed by atoms with Gasteiger partial charge < -0.3 is 10.5 Å². The van der Waals surface area contributed by atoms with Crippen molar-refractivity contribution >= 4 is 11.6 Å². The van der Waals surface area contributed by atoms with E-state index in [2.05, 4.69) is 45.9 Å². The molecule has 0 fully saturated rings. The minimum atomic E-state index is 0.0122. The number of hydrogen-bond donors (Lipinski definition) is 1. The monoisotopic (exact) mass is 303 g/mol. The summed E-state index contributed by atoms with van der Waals surface area (Å²) in [6, 6.07) is 11.8. The fourth-order valence-corrected chi connectivity index (χ4v) is 2.45. The number of nitrogens with two attached hydrogens (primary N) is 1.